The van der Waals surface area contributed by atoms with E-state index in [-0.39, 0.29) is 12.5 Å². The number of amides is 1. The standard InChI is InChI=1S/C25H21IN2O2/c1-16-11-20(26)12-17(2)25(16)30-15-24(29)28-27-14-23-21-9-5-3-7-18(21)13-19-8-4-6-10-22(19)23/h3-14H,15H2,1-2H3,(H,28,29)/b27-14+. The summed E-state index contributed by atoms with van der Waals surface area (Å²) in [6.07, 6.45) is 1.71. The number of nitrogens with zero attached hydrogens (tertiary/aromatic N) is 1. The van der Waals surface area contributed by atoms with Crippen LogP contribution in [-0.2, 0) is 4.79 Å². The summed E-state index contributed by atoms with van der Waals surface area (Å²) in [6.45, 7) is 3.87. The third-order valence-electron chi connectivity index (χ3n) is 4.97. The zero-order valence-electron chi connectivity index (χ0n) is 16.8. The van der Waals surface area contributed by atoms with E-state index in [1.807, 2.05) is 50.2 Å². The van der Waals surface area contributed by atoms with E-state index < -0.39 is 0 Å². The van der Waals surface area contributed by atoms with Gasteiger partial charge in [0.1, 0.15) is 5.75 Å². The number of hydrogen-bond acceptors (Lipinski definition) is 3. The van der Waals surface area contributed by atoms with Crippen LogP contribution in [0.3, 0.4) is 0 Å². The third kappa shape index (κ3) is 4.31. The molecule has 0 spiro atoms. The number of nitrogens with one attached hydrogen (secondary N) is 1. The minimum Gasteiger partial charge on any atom is -0.483 e. The Hall–Kier alpha value is -2.93. The molecule has 0 atom stereocenters. The van der Waals surface area contributed by atoms with Gasteiger partial charge in [-0.1, -0.05) is 48.5 Å². The van der Waals surface area contributed by atoms with Gasteiger partial charge in [-0.05, 0) is 87.3 Å². The summed E-state index contributed by atoms with van der Waals surface area (Å²) >= 11 is 2.27. The minimum absolute atomic E-state index is 0.0874. The first-order valence-corrected chi connectivity index (χ1v) is 10.7. The summed E-state index contributed by atoms with van der Waals surface area (Å²) in [5, 5.41) is 8.67. The lowest BCUT2D eigenvalue weighted by Gasteiger charge is -2.12. The fraction of sp³-hybridized carbons (Fsp3) is 0.120. The summed E-state index contributed by atoms with van der Waals surface area (Å²) in [5.41, 5.74) is 5.59. The van der Waals surface area contributed by atoms with Crippen molar-refractivity contribution >= 4 is 56.3 Å². The van der Waals surface area contributed by atoms with Crippen LogP contribution in [0, 0.1) is 17.4 Å². The van der Waals surface area contributed by atoms with E-state index in [0.29, 0.717) is 0 Å². The van der Waals surface area contributed by atoms with Crippen molar-refractivity contribution < 1.29 is 9.53 Å². The van der Waals surface area contributed by atoms with Crippen LogP contribution in [-0.4, -0.2) is 18.7 Å². The Bertz CT molecular complexity index is 1200. The Morgan fingerprint density at radius 3 is 2.13 bits per heavy atom. The Morgan fingerprint density at radius 1 is 0.967 bits per heavy atom. The Balaban J connectivity index is 1.52. The molecule has 0 saturated carbocycles. The molecule has 5 heteroatoms. The molecule has 0 saturated heterocycles. The molecule has 0 unspecified atom stereocenters. The van der Waals surface area contributed by atoms with Gasteiger partial charge >= 0.3 is 0 Å². The molecule has 0 aliphatic rings. The maximum absolute atomic E-state index is 12.3. The van der Waals surface area contributed by atoms with Gasteiger partial charge in [0, 0.05) is 9.13 Å². The van der Waals surface area contributed by atoms with Crippen molar-refractivity contribution in [2.75, 3.05) is 6.61 Å². The highest BCUT2D eigenvalue weighted by molar-refractivity contribution is 14.1. The van der Waals surface area contributed by atoms with Crippen LogP contribution in [0.15, 0.2) is 71.8 Å². The molecule has 0 aromatic heterocycles. The molecular weight excluding hydrogens is 487 g/mol. The minimum atomic E-state index is -0.298. The van der Waals surface area contributed by atoms with E-state index >= 15 is 0 Å². The van der Waals surface area contributed by atoms with Crippen LogP contribution in [0.25, 0.3) is 21.5 Å². The lowest BCUT2D eigenvalue weighted by atomic mass is 9.97. The van der Waals surface area contributed by atoms with Gasteiger partial charge in [0.15, 0.2) is 6.61 Å². The molecule has 4 aromatic rings. The molecule has 0 aliphatic carbocycles. The molecule has 30 heavy (non-hydrogen) atoms. The maximum Gasteiger partial charge on any atom is 0.277 e. The highest BCUT2D eigenvalue weighted by Crippen LogP contribution is 2.27. The Morgan fingerprint density at radius 2 is 1.53 bits per heavy atom. The fourth-order valence-electron chi connectivity index (χ4n) is 3.65. The first-order valence-electron chi connectivity index (χ1n) is 9.65. The van der Waals surface area contributed by atoms with Gasteiger partial charge in [0.2, 0.25) is 0 Å². The monoisotopic (exact) mass is 508 g/mol. The van der Waals surface area contributed by atoms with Crippen LogP contribution in [0.1, 0.15) is 16.7 Å². The zero-order chi connectivity index (χ0) is 21.1. The van der Waals surface area contributed by atoms with Gasteiger partial charge < -0.3 is 4.74 Å². The van der Waals surface area contributed by atoms with Crippen molar-refractivity contribution in [1.82, 2.24) is 5.43 Å². The van der Waals surface area contributed by atoms with E-state index in [1.165, 1.54) is 0 Å². The van der Waals surface area contributed by atoms with Crippen LogP contribution in [0.2, 0.25) is 0 Å². The molecule has 4 aromatic carbocycles. The topological polar surface area (TPSA) is 50.7 Å². The number of ether oxygens (including phenoxy) is 1. The summed E-state index contributed by atoms with van der Waals surface area (Å²) in [7, 11) is 0. The van der Waals surface area contributed by atoms with Crippen molar-refractivity contribution in [2.45, 2.75) is 13.8 Å². The number of rotatable bonds is 5. The molecule has 0 fully saturated rings. The van der Waals surface area contributed by atoms with Crippen molar-refractivity contribution in [1.29, 1.82) is 0 Å². The van der Waals surface area contributed by atoms with Gasteiger partial charge in [-0.3, -0.25) is 4.79 Å². The normalized spacial score (nSPS) is 11.3. The molecule has 0 heterocycles. The predicted molar refractivity (Wildman–Crippen MR) is 131 cm³/mol. The third-order valence-corrected chi connectivity index (χ3v) is 5.59. The molecule has 0 bridgehead atoms. The predicted octanol–water partition coefficient (Wildman–Crippen LogP) is 5.74. The van der Waals surface area contributed by atoms with Crippen molar-refractivity contribution in [3.63, 3.8) is 0 Å². The Kier molecular flexibility index (Phi) is 5.99. The lowest BCUT2D eigenvalue weighted by Crippen LogP contribution is -2.25. The fourth-order valence-corrected chi connectivity index (χ4v) is 4.59. The second-order valence-electron chi connectivity index (χ2n) is 7.18. The second-order valence-corrected chi connectivity index (χ2v) is 8.43. The number of fused-ring (bicyclic) bond motifs is 2. The van der Waals surface area contributed by atoms with Gasteiger partial charge in [-0.15, -0.1) is 0 Å². The van der Waals surface area contributed by atoms with Crippen molar-refractivity contribution in [2.24, 2.45) is 5.10 Å². The van der Waals surface area contributed by atoms with Crippen LogP contribution >= 0.6 is 22.6 Å². The average Bonchev–Trinajstić information content (AvgIpc) is 2.72. The first-order chi connectivity index (χ1) is 14.5. The van der Waals surface area contributed by atoms with Gasteiger partial charge in [-0.25, -0.2) is 5.43 Å². The number of halogens is 1. The summed E-state index contributed by atoms with van der Waals surface area (Å²) in [4.78, 5) is 12.3. The van der Waals surface area contributed by atoms with E-state index in [4.69, 9.17) is 4.74 Å². The van der Waals surface area contributed by atoms with Gasteiger partial charge in [-0.2, -0.15) is 5.10 Å². The zero-order valence-corrected chi connectivity index (χ0v) is 18.9. The highest BCUT2D eigenvalue weighted by atomic mass is 127. The Labute approximate surface area is 189 Å². The smallest absolute Gasteiger partial charge is 0.277 e. The van der Waals surface area contributed by atoms with E-state index in [2.05, 4.69) is 63.4 Å². The number of aryl methyl sites for hydroxylation is 2. The van der Waals surface area contributed by atoms with E-state index in [1.54, 1.807) is 6.21 Å². The quantitative estimate of drug-likeness (QED) is 0.162. The number of carbonyl (C=O) groups excluding carboxylic acids is 1. The molecule has 150 valence electrons. The molecule has 4 nitrogen and oxygen atoms in total. The number of hydrazone groups is 1. The van der Waals surface area contributed by atoms with Crippen molar-refractivity contribution in [3.8, 4) is 5.75 Å². The molecule has 0 radical (unpaired) electrons. The number of benzene rings is 4. The molecule has 1 amide bonds. The van der Waals surface area contributed by atoms with Crippen LogP contribution in [0.4, 0.5) is 0 Å². The maximum atomic E-state index is 12.3. The van der Waals surface area contributed by atoms with Crippen LogP contribution < -0.4 is 10.2 Å². The summed E-state index contributed by atoms with van der Waals surface area (Å²) < 4.78 is 6.88. The number of hydrogen-bond donors (Lipinski definition) is 1. The largest absolute Gasteiger partial charge is 0.483 e. The summed E-state index contributed by atoms with van der Waals surface area (Å²) in [6, 6.07) is 22.6. The number of carbonyl (C=O) groups is 1. The van der Waals surface area contributed by atoms with Crippen molar-refractivity contribution in [3.05, 3.63) is 87.0 Å². The molecule has 1 N–H and O–H groups in total. The molecule has 4 rings (SSSR count). The highest BCUT2D eigenvalue weighted by Gasteiger charge is 2.09. The first kappa shape index (κ1) is 20.3. The summed E-state index contributed by atoms with van der Waals surface area (Å²) in [5.74, 6) is 0.447. The van der Waals surface area contributed by atoms with Gasteiger partial charge in [0.25, 0.3) is 5.91 Å². The van der Waals surface area contributed by atoms with Gasteiger partial charge in [0.05, 0.1) is 6.21 Å². The second kappa shape index (κ2) is 8.83. The average molecular weight is 508 g/mol. The lowest BCUT2D eigenvalue weighted by molar-refractivity contribution is -0.123. The van der Waals surface area contributed by atoms with E-state index in [9.17, 15) is 4.79 Å². The SMILES string of the molecule is Cc1cc(I)cc(C)c1OCC(=O)N/N=C/c1c2ccccc2cc2ccccc12. The van der Waals surface area contributed by atoms with Crippen LogP contribution in [0.5, 0.6) is 5.75 Å². The molecule has 0 aliphatic heterocycles. The molecular formula is C25H21IN2O2. The van der Waals surface area contributed by atoms with E-state index in [0.717, 1.165) is 47.6 Å².